The molecule has 0 saturated carbocycles. The summed E-state index contributed by atoms with van der Waals surface area (Å²) in [6, 6.07) is 0. The molecule has 0 saturated heterocycles. The third-order valence-electron chi connectivity index (χ3n) is 3.92. The van der Waals surface area contributed by atoms with E-state index in [9.17, 15) is 19.8 Å². The maximum atomic E-state index is 12.4. The van der Waals surface area contributed by atoms with Gasteiger partial charge in [-0.1, -0.05) is 45.3 Å². The maximum Gasteiger partial charge on any atom is 0.228 e. The molecule has 2 N–H and O–H groups in total. The predicted molar refractivity (Wildman–Crippen MR) is 97.9 cm³/mol. The van der Waals surface area contributed by atoms with E-state index in [4.69, 9.17) is 0 Å². The number of allylic oxidation sites excluding steroid dienone is 4. The summed E-state index contributed by atoms with van der Waals surface area (Å²) in [6.45, 7) is 11.8. The third kappa shape index (κ3) is 5.22. The Hall–Kier alpha value is -2.10. The molecule has 0 radical (unpaired) electrons. The molecule has 24 heavy (non-hydrogen) atoms. The van der Waals surface area contributed by atoms with Crippen LogP contribution in [0.25, 0.3) is 0 Å². The van der Waals surface area contributed by atoms with Crippen LogP contribution in [0, 0.1) is 5.92 Å². The zero-order valence-electron chi connectivity index (χ0n) is 15.1. The molecule has 1 aliphatic carbocycles. The number of carbonyl (C=O) groups excluding carboxylic acids is 2. The Morgan fingerprint density at radius 1 is 1.00 bits per heavy atom. The first kappa shape index (κ1) is 21.9. The molecule has 0 spiro atoms. The molecule has 0 aromatic heterocycles. The average molecular weight is 334 g/mol. The second-order valence-corrected chi connectivity index (χ2v) is 5.63. The smallest absolute Gasteiger partial charge is 0.228 e. The van der Waals surface area contributed by atoms with Crippen LogP contribution >= 0.6 is 0 Å². The second kappa shape index (κ2) is 11.4. The Morgan fingerprint density at radius 3 is 2.12 bits per heavy atom. The van der Waals surface area contributed by atoms with Crippen molar-refractivity contribution < 1.29 is 19.8 Å². The van der Waals surface area contributed by atoms with E-state index in [1.807, 2.05) is 20.8 Å². The van der Waals surface area contributed by atoms with Gasteiger partial charge in [-0.3, -0.25) is 9.59 Å². The number of hydrogen-bond acceptors (Lipinski definition) is 4. The third-order valence-corrected chi connectivity index (χ3v) is 3.92. The predicted octanol–water partition coefficient (Wildman–Crippen LogP) is 5.14. The number of hydrogen-bond donors (Lipinski definition) is 2. The van der Waals surface area contributed by atoms with Crippen molar-refractivity contribution in [2.24, 2.45) is 5.92 Å². The number of Topliss-reactive ketones (excluding diaryl/α,β-unsaturated/α-hetero) is 2. The molecule has 1 atom stereocenters. The van der Waals surface area contributed by atoms with E-state index in [1.54, 1.807) is 12.2 Å². The highest BCUT2D eigenvalue weighted by Gasteiger charge is 2.36. The van der Waals surface area contributed by atoms with Crippen molar-refractivity contribution in [1.82, 2.24) is 0 Å². The molecule has 1 unspecified atom stereocenters. The van der Waals surface area contributed by atoms with E-state index in [0.717, 1.165) is 19.3 Å². The van der Waals surface area contributed by atoms with E-state index in [2.05, 4.69) is 13.2 Å². The molecule has 4 heteroatoms. The standard InChI is InChI=1S/C18H26O4.C2H4/c1-4-7-8-11-13-15(19)17(21)14(18(22)16(13)20)12(9-5-2)10-6-3;1-2/h5,9,12,19,22H,4,6-8,10-11H2,1-3H3;1-2H2/b9-5-;. The second-order valence-electron chi connectivity index (χ2n) is 5.63. The molecule has 1 rings (SSSR count). The summed E-state index contributed by atoms with van der Waals surface area (Å²) >= 11 is 0. The molecule has 134 valence electrons. The first-order valence-corrected chi connectivity index (χ1v) is 8.56. The summed E-state index contributed by atoms with van der Waals surface area (Å²) in [5, 5.41) is 20.3. The van der Waals surface area contributed by atoms with Gasteiger partial charge >= 0.3 is 0 Å². The van der Waals surface area contributed by atoms with Crippen LogP contribution in [0.1, 0.15) is 59.3 Å². The highest BCUT2D eigenvalue weighted by atomic mass is 16.3. The topological polar surface area (TPSA) is 74.6 Å². The molecule has 0 bridgehead atoms. The van der Waals surface area contributed by atoms with Gasteiger partial charge in [0.15, 0.2) is 11.5 Å². The molecular weight excluding hydrogens is 304 g/mol. The molecule has 0 aliphatic heterocycles. The van der Waals surface area contributed by atoms with Gasteiger partial charge in [-0.2, -0.15) is 0 Å². The summed E-state index contributed by atoms with van der Waals surface area (Å²) in [5.41, 5.74) is 0.0807. The van der Waals surface area contributed by atoms with E-state index in [0.29, 0.717) is 19.3 Å². The summed E-state index contributed by atoms with van der Waals surface area (Å²) in [5.74, 6) is -2.54. The fourth-order valence-electron chi connectivity index (χ4n) is 2.75. The summed E-state index contributed by atoms with van der Waals surface area (Å²) < 4.78 is 0. The molecule has 0 amide bonds. The monoisotopic (exact) mass is 334 g/mol. The van der Waals surface area contributed by atoms with Crippen molar-refractivity contribution in [2.75, 3.05) is 0 Å². The van der Waals surface area contributed by atoms with Crippen LogP contribution in [-0.4, -0.2) is 21.8 Å². The highest BCUT2D eigenvalue weighted by Crippen LogP contribution is 2.32. The first-order chi connectivity index (χ1) is 11.5. The summed E-state index contributed by atoms with van der Waals surface area (Å²) in [7, 11) is 0. The number of unbranched alkanes of at least 4 members (excludes halogenated alkanes) is 2. The summed E-state index contributed by atoms with van der Waals surface area (Å²) in [4.78, 5) is 24.7. The van der Waals surface area contributed by atoms with Gasteiger partial charge in [-0.25, -0.2) is 0 Å². The SMILES string of the molecule is C/C=C\C(CCC)C1=C(O)C(=O)C(CCCCC)=C(O)C1=O.C=C. The van der Waals surface area contributed by atoms with Crippen LogP contribution in [0.2, 0.25) is 0 Å². The van der Waals surface area contributed by atoms with Crippen LogP contribution in [0.15, 0.2) is 48.0 Å². The van der Waals surface area contributed by atoms with E-state index < -0.39 is 23.1 Å². The van der Waals surface area contributed by atoms with Gasteiger partial charge in [-0.05, 0) is 26.2 Å². The van der Waals surface area contributed by atoms with Gasteiger partial charge < -0.3 is 10.2 Å². The lowest BCUT2D eigenvalue weighted by molar-refractivity contribution is -0.120. The van der Waals surface area contributed by atoms with Crippen LogP contribution in [0.3, 0.4) is 0 Å². The van der Waals surface area contributed by atoms with E-state index in [-0.39, 0.29) is 17.1 Å². The lowest BCUT2D eigenvalue weighted by atomic mass is 9.82. The number of rotatable bonds is 8. The van der Waals surface area contributed by atoms with Gasteiger partial charge in [0.1, 0.15) is 0 Å². The maximum absolute atomic E-state index is 12.4. The Bertz CT molecular complexity index is 538. The molecule has 1 aliphatic rings. The Morgan fingerprint density at radius 2 is 1.62 bits per heavy atom. The van der Waals surface area contributed by atoms with Gasteiger partial charge in [0.2, 0.25) is 11.6 Å². The Balaban J connectivity index is 0.00000254. The minimum atomic E-state index is -0.611. The molecular formula is C20H30O4. The number of ketones is 2. The van der Waals surface area contributed by atoms with Gasteiger partial charge in [0, 0.05) is 11.5 Å². The zero-order chi connectivity index (χ0) is 18.7. The zero-order valence-corrected chi connectivity index (χ0v) is 15.1. The van der Waals surface area contributed by atoms with Crippen molar-refractivity contribution in [3.63, 3.8) is 0 Å². The molecule has 0 aromatic carbocycles. The van der Waals surface area contributed by atoms with Crippen LogP contribution in [-0.2, 0) is 9.59 Å². The number of aliphatic hydroxyl groups excluding tert-OH is 2. The molecule has 0 aromatic rings. The van der Waals surface area contributed by atoms with E-state index in [1.165, 1.54) is 0 Å². The normalized spacial score (nSPS) is 16.5. The van der Waals surface area contributed by atoms with Crippen LogP contribution in [0.4, 0.5) is 0 Å². The quantitative estimate of drug-likeness (QED) is 0.366. The fraction of sp³-hybridized carbons (Fsp3) is 0.500. The lowest BCUT2D eigenvalue weighted by Gasteiger charge is -2.22. The van der Waals surface area contributed by atoms with Crippen LogP contribution in [0.5, 0.6) is 0 Å². The Labute approximate surface area is 145 Å². The Kier molecular flexibility index (Phi) is 10.4. The number of aliphatic hydroxyl groups is 2. The molecule has 0 heterocycles. The van der Waals surface area contributed by atoms with Gasteiger partial charge in [0.05, 0.1) is 5.57 Å². The van der Waals surface area contributed by atoms with Gasteiger partial charge in [-0.15, -0.1) is 13.2 Å². The van der Waals surface area contributed by atoms with E-state index >= 15 is 0 Å². The highest BCUT2D eigenvalue weighted by molar-refractivity contribution is 6.23. The van der Waals surface area contributed by atoms with Crippen molar-refractivity contribution in [3.05, 3.63) is 48.0 Å². The minimum Gasteiger partial charge on any atom is -0.504 e. The molecule has 4 nitrogen and oxygen atoms in total. The number of carbonyl (C=O) groups is 2. The fourth-order valence-corrected chi connectivity index (χ4v) is 2.75. The van der Waals surface area contributed by atoms with Crippen molar-refractivity contribution in [1.29, 1.82) is 0 Å². The first-order valence-electron chi connectivity index (χ1n) is 8.56. The minimum absolute atomic E-state index is 0.0293. The molecule has 0 fully saturated rings. The summed E-state index contributed by atoms with van der Waals surface area (Å²) in [6.07, 6.45) is 7.94. The van der Waals surface area contributed by atoms with Gasteiger partial charge in [0.25, 0.3) is 0 Å². The van der Waals surface area contributed by atoms with Crippen molar-refractivity contribution >= 4 is 11.6 Å². The lowest BCUT2D eigenvalue weighted by Crippen LogP contribution is -2.27. The van der Waals surface area contributed by atoms with Crippen molar-refractivity contribution in [2.45, 2.75) is 59.3 Å². The largest absolute Gasteiger partial charge is 0.504 e. The van der Waals surface area contributed by atoms with Crippen molar-refractivity contribution in [3.8, 4) is 0 Å². The average Bonchev–Trinajstić information content (AvgIpc) is 2.58. The van der Waals surface area contributed by atoms with Crippen LogP contribution < -0.4 is 0 Å².